The molecule has 0 saturated carbocycles. The van der Waals surface area contributed by atoms with Crippen LogP contribution in [0, 0.1) is 0 Å². The largest absolute Gasteiger partial charge is 0.461 e. The molecule has 1 saturated heterocycles. The van der Waals surface area contributed by atoms with Gasteiger partial charge >= 0.3 is 12.5 Å². The van der Waals surface area contributed by atoms with E-state index in [1.165, 1.54) is 17.0 Å². The fraction of sp³-hybridized carbons (Fsp3) is 0.600. The summed E-state index contributed by atoms with van der Waals surface area (Å²) in [5.41, 5.74) is -0.385. The Hall–Kier alpha value is -1.23. The third kappa shape index (κ3) is 5.15. The molecule has 2 N–H and O–H groups in total. The SMILES string of the molecule is Cl.OCC(F)(F)[C@H](c1ccccc1OC(F)(F)C(F)F)N1CCNCC1. The summed E-state index contributed by atoms with van der Waals surface area (Å²) in [6.07, 6.45) is -8.94. The van der Waals surface area contributed by atoms with Gasteiger partial charge in [-0.05, 0) is 6.07 Å². The third-order valence-electron chi connectivity index (χ3n) is 3.84. The number of hydrogen-bond donors (Lipinski definition) is 2. The second kappa shape index (κ2) is 9.12. The van der Waals surface area contributed by atoms with Crippen molar-refractivity contribution in [1.29, 1.82) is 0 Å². The molecule has 1 aromatic carbocycles. The van der Waals surface area contributed by atoms with E-state index in [0.717, 1.165) is 12.1 Å². The second-order valence-electron chi connectivity index (χ2n) is 5.61. The average molecular weight is 409 g/mol. The van der Waals surface area contributed by atoms with E-state index in [1.807, 2.05) is 0 Å². The van der Waals surface area contributed by atoms with Gasteiger partial charge in [-0.1, -0.05) is 18.2 Å². The van der Waals surface area contributed by atoms with Crippen molar-refractivity contribution in [2.45, 2.75) is 24.5 Å². The standard InChI is InChI=1S/C15H18F6N2O2.ClH/c16-13(17)15(20,21)25-11-4-2-1-3-10(11)12(14(18,19)9-24)23-7-5-22-6-8-23;/h1-4,12-13,22,24H,5-9H2;1H/t12-;/m0./s1. The lowest BCUT2D eigenvalue weighted by molar-refractivity contribution is -0.254. The van der Waals surface area contributed by atoms with Crippen molar-refractivity contribution < 1.29 is 36.2 Å². The highest BCUT2D eigenvalue weighted by molar-refractivity contribution is 5.85. The van der Waals surface area contributed by atoms with Gasteiger partial charge in [-0.3, -0.25) is 4.90 Å². The molecule has 1 atom stereocenters. The monoisotopic (exact) mass is 408 g/mol. The number of hydrogen-bond acceptors (Lipinski definition) is 4. The fourth-order valence-corrected chi connectivity index (χ4v) is 2.71. The molecule has 11 heteroatoms. The van der Waals surface area contributed by atoms with Gasteiger partial charge in [0.15, 0.2) is 0 Å². The molecule has 150 valence electrons. The van der Waals surface area contributed by atoms with Crippen LogP contribution in [0.3, 0.4) is 0 Å². The molecular formula is C15H19ClF6N2O2. The fourth-order valence-electron chi connectivity index (χ4n) is 2.71. The van der Waals surface area contributed by atoms with Gasteiger partial charge in [-0.15, -0.1) is 12.4 Å². The summed E-state index contributed by atoms with van der Waals surface area (Å²) in [7, 11) is 0. The Labute approximate surface area is 152 Å². The lowest BCUT2D eigenvalue weighted by Crippen LogP contribution is -2.51. The highest BCUT2D eigenvalue weighted by Gasteiger charge is 2.48. The van der Waals surface area contributed by atoms with Crippen molar-refractivity contribution in [3.05, 3.63) is 29.8 Å². The molecule has 0 aliphatic carbocycles. The van der Waals surface area contributed by atoms with Crippen molar-refractivity contribution in [1.82, 2.24) is 10.2 Å². The number of alkyl halides is 6. The van der Waals surface area contributed by atoms with E-state index in [4.69, 9.17) is 5.11 Å². The normalized spacial score (nSPS) is 17.7. The minimum atomic E-state index is -4.82. The molecule has 1 aliphatic rings. The minimum absolute atomic E-state index is 0. The average Bonchev–Trinajstić information content (AvgIpc) is 2.57. The van der Waals surface area contributed by atoms with Crippen LogP contribution in [0.4, 0.5) is 26.3 Å². The van der Waals surface area contributed by atoms with Crippen LogP contribution in [0.1, 0.15) is 11.6 Å². The zero-order valence-corrected chi connectivity index (χ0v) is 14.3. The number of para-hydroxylation sites is 1. The molecule has 1 aromatic rings. The molecule has 0 spiro atoms. The summed E-state index contributed by atoms with van der Waals surface area (Å²) >= 11 is 0. The zero-order valence-electron chi connectivity index (χ0n) is 13.5. The van der Waals surface area contributed by atoms with Crippen molar-refractivity contribution >= 4 is 12.4 Å². The zero-order chi connectivity index (χ0) is 18.7. The van der Waals surface area contributed by atoms with Crippen LogP contribution in [0.5, 0.6) is 5.75 Å². The summed E-state index contributed by atoms with van der Waals surface area (Å²) in [6.45, 7) is -0.427. The topological polar surface area (TPSA) is 44.7 Å². The predicted octanol–water partition coefficient (Wildman–Crippen LogP) is 2.92. The molecule has 26 heavy (non-hydrogen) atoms. The third-order valence-corrected chi connectivity index (χ3v) is 3.84. The molecule has 1 aliphatic heterocycles. The van der Waals surface area contributed by atoms with E-state index in [9.17, 15) is 26.3 Å². The highest BCUT2D eigenvalue weighted by Crippen LogP contribution is 2.42. The smallest absolute Gasteiger partial charge is 0.428 e. The molecule has 0 unspecified atom stereocenters. The Bertz CT molecular complexity index is 573. The first-order valence-corrected chi connectivity index (χ1v) is 7.56. The number of piperazine rings is 1. The van der Waals surface area contributed by atoms with Gasteiger partial charge in [0, 0.05) is 31.7 Å². The van der Waals surface area contributed by atoms with Gasteiger partial charge in [0.25, 0.3) is 5.92 Å². The van der Waals surface area contributed by atoms with E-state index in [1.54, 1.807) is 0 Å². The molecule has 0 bridgehead atoms. The first-order chi connectivity index (χ1) is 11.7. The van der Waals surface area contributed by atoms with Crippen LogP contribution in [0.15, 0.2) is 24.3 Å². The van der Waals surface area contributed by atoms with Crippen LogP contribution < -0.4 is 10.1 Å². The van der Waals surface area contributed by atoms with Crippen molar-refractivity contribution in [3.63, 3.8) is 0 Å². The number of aliphatic hydroxyl groups excluding tert-OH is 1. The van der Waals surface area contributed by atoms with Gasteiger partial charge in [0.05, 0.1) is 0 Å². The number of ether oxygens (including phenoxy) is 1. The molecule has 1 heterocycles. The predicted molar refractivity (Wildman–Crippen MR) is 84.5 cm³/mol. The quantitative estimate of drug-likeness (QED) is 0.681. The Balaban J connectivity index is 0.00000338. The Kier molecular flexibility index (Phi) is 8.00. The maximum absolute atomic E-state index is 14.4. The first-order valence-electron chi connectivity index (χ1n) is 7.56. The van der Waals surface area contributed by atoms with Crippen LogP contribution in [-0.4, -0.2) is 61.2 Å². The van der Waals surface area contributed by atoms with Crippen LogP contribution >= 0.6 is 12.4 Å². The first kappa shape index (κ1) is 22.8. The summed E-state index contributed by atoms with van der Waals surface area (Å²) in [5, 5.41) is 12.0. The lowest BCUT2D eigenvalue weighted by Gasteiger charge is -2.39. The van der Waals surface area contributed by atoms with Gasteiger partial charge < -0.3 is 15.2 Å². The van der Waals surface area contributed by atoms with Gasteiger partial charge in [0.2, 0.25) is 0 Å². The van der Waals surface area contributed by atoms with E-state index in [2.05, 4.69) is 10.1 Å². The number of benzene rings is 1. The Morgan fingerprint density at radius 1 is 1.12 bits per heavy atom. The Morgan fingerprint density at radius 3 is 2.23 bits per heavy atom. The maximum Gasteiger partial charge on any atom is 0.461 e. The van der Waals surface area contributed by atoms with Gasteiger partial charge in [-0.25, -0.2) is 8.78 Å². The summed E-state index contributed by atoms with van der Waals surface area (Å²) in [6, 6.07) is 2.77. The molecule has 2 rings (SSSR count). The molecule has 4 nitrogen and oxygen atoms in total. The van der Waals surface area contributed by atoms with Crippen LogP contribution in [-0.2, 0) is 0 Å². The number of aliphatic hydroxyl groups is 1. The molecule has 0 amide bonds. The minimum Gasteiger partial charge on any atom is -0.428 e. The van der Waals surface area contributed by atoms with E-state index in [-0.39, 0.29) is 31.1 Å². The van der Waals surface area contributed by atoms with Gasteiger partial charge in [-0.2, -0.15) is 17.6 Å². The van der Waals surface area contributed by atoms with Crippen molar-refractivity contribution in [2.75, 3.05) is 32.8 Å². The highest BCUT2D eigenvalue weighted by atomic mass is 35.5. The molecule has 0 aromatic heterocycles. The number of rotatable bonds is 7. The molecule has 0 radical (unpaired) electrons. The van der Waals surface area contributed by atoms with E-state index < -0.39 is 36.9 Å². The number of nitrogens with zero attached hydrogens (tertiary/aromatic N) is 1. The summed E-state index contributed by atoms with van der Waals surface area (Å²) < 4.78 is 84.1. The summed E-state index contributed by atoms with van der Waals surface area (Å²) in [5.74, 6) is -4.46. The lowest BCUT2D eigenvalue weighted by atomic mass is 9.97. The van der Waals surface area contributed by atoms with E-state index in [0.29, 0.717) is 13.1 Å². The van der Waals surface area contributed by atoms with Gasteiger partial charge in [0.1, 0.15) is 18.4 Å². The number of nitrogens with one attached hydrogen (secondary N) is 1. The summed E-state index contributed by atoms with van der Waals surface area (Å²) in [4.78, 5) is 1.30. The molecule has 1 fully saturated rings. The van der Waals surface area contributed by atoms with Crippen LogP contribution in [0.2, 0.25) is 0 Å². The molecular weight excluding hydrogens is 390 g/mol. The van der Waals surface area contributed by atoms with Crippen molar-refractivity contribution in [2.24, 2.45) is 0 Å². The number of halogens is 7. The van der Waals surface area contributed by atoms with Crippen molar-refractivity contribution in [3.8, 4) is 5.75 Å². The second-order valence-corrected chi connectivity index (χ2v) is 5.61. The Morgan fingerprint density at radius 2 is 1.69 bits per heavy atom. The van der Waals surface area contributed by atoms with E-state index >= 15 is 0 Å². The van der Waals surface area contributed by atoms with Crippen LogP contribution in [0.25, 0.3) is 0 Å². The maximum atomic E-state index is 14.4.